The third kappa shape index (κ3) is 1.98. The molecule has 0 radical (unpaired) electrons. The molecule has 1 aliphatic heterocycles. The zero-order chi connectivity index (χ0) is 11.6. The first-order valence-electron chi connectivity index (χ1n) is 6.31. The van der Waals surface area contributed by atoms with Crippen molar-refractivity contribution in [2.45, 2.75) is 58.7 Å². The number of aromatic nitrogens is 3. The number of nitrogens with zero attached hydrogens (tertiary/aromatic N) is 4. The maximum Gasteiger partial charge on any atom is 0.141 e. The molecule has 0 saturated heterocycles. The Balaban J connectivity index is 2.12. The Labute approximate surface area is 97.7 Å². The summed E-state index contributed by atoms with van der Waals surface area (Å²) in [6, 6.07) is 0. The molecule has 16 heavy (non-hydrogen) atoms. The van der Waals surface area contributed by atoms with Gasteiger partial charge in [0.25, 0.3) is 0 Å². The standard InChI is InChI=1S/C12H22N4/c1-4-6-12(3,5-2)15-7-8-16-11(9-15)13-10-14-16/h10H,4-9H2,1-3H3. The van der Waals surface area contributed by atoms with E-state index in [0.29, 0.717) is 5.54 Å². The average Bonchev–Trinajstić information content (AvgIpc) is 2.76. The first-order valence-corrected chi connectivity index (χ1v) is 6.31. The van der Waals surface area contributed by atoms with E-state index in [4.69, 9.17) is 0 Å². The molecular weight excluding hydrogens is 200 g/mol. The van der Waals surface area contributed by atoms with Crippen molar-refractivity contribution in [1.82, 2.24) is 19.7 Å². The van der Waals surface area contributed by atoms with Gasteiger partial charge in [0, 0.05) is 12.1 Å². The Hall–Kier alpha value is -0.900. The summed E-state index contributed by atoms with van der Waals surface area (Å²) >= 11 is 0. The third-order valence-electron chi connectivity index (χ3n) is 3.92. The van der Waals surface area contributed by atoms with Gasteiger partial charge in [-0.15, -0.1) is 0 Å². The number of hydrogen-bond donors (Lipinski definition) is 0. The summed E-state index contributed by atoms with van der Waals surface area (Å²) in [5, 5.41) is 4.22. The SMILES string of the molecule is CCCC(C)(CC)N1CCn2ncnc2C1. The lowest BCUT2D eigenvalue weighted by Crippen LogP contribution is -2.49. The van der Waals surface area contributed by atoms with E-state index in [9.17, 15) is 0 Å². The van der Waals surface area contributed by atoms with Crippen LogP contribution >= 0.6 is 0 Å². The largest absolute Gasteiger partial charge is 0.289 e. The van der Waals surface area contributed by atoms with Crippen LogP contribution in [0.15, 0.2) is 6.33 Å². The minimum absolute atomic E-state index is 0.325. The molecule has 0 aliphatic carbocycles. The van der Waals surface area contributed by atoms with Gasteiger partial charge in [-0.25, -0.2) is 9.67 Å². The van der Waals surface area contributed by atoms with Crippen molar-refractivity contribution in [3.05, 3.63) is 12.2 Å². The van der Waals surface area contributed by atoms with Gasteiger partial charge in [-0.3, -0.25) is 4.90 Å². The highest BCUT2D eigenvalue weighted by Crippen LogP contribution is 2.28. The summed E-state index contributed by atoms with van der Waals surface area (Å²) < 4.78 is 2.03. The van der Waals surface area contributed by atoms with Crippen molar-refractivity contribution in [3.8, 4) is 0 Å². The fourth-order valence-corrected chi connectivity index (χ4v) is 2.62. The lowest BCUT2D eigenvalue weighted by Gasteiger charge is -2.42. The van der Waals surface area contributed by atoms with E-state index in [0.717, 1.165) is 25.5 Å². The van der Waals surface area contributed by atoms with Crippen LogP contribution in [0.1, 0.15) is 45.9 Å². The van der Waals surface area contributed by atoms with Gasteiger partial charge in [0.2, 0.25) is 0 Å². The van der Waals surface area contributed by atoms with Gasteiger partial charge in [0.1, 0.15) is 12.2 Å². The normalized spacial score (nSPS) is 20.4. The molecule has 1 unspecified atom stereocenters. The van der Waals surface area contributed by atoms with Gasteiger partial charge in [0.15, 0.2) is 0 Å². The minimum atomic E-state index is 0.325. The maximum atomic E-state index is 4.33. The van der Waals surface area contributed by atoms with Crippen LogP contribution in [0.2, 0.25) is 0 Å². The van der Waals surface area contributed by atoms with Crippen molar-refractivity contribution in [2.24, 2.45) is 0 Å². The zero-order valence-electron chi connectivity index (χ0n) is 10.6. The van der Waals surface area contributed by atoms with Crippen LogP contribution in [0.4, 0.5) is 0 Å². The molecule has 0 amide bonds. The predicted octanol–water partition coefficient (Wildman–Crippen LogP) is 2.06. The van der Waals surface area contributed by atoms with Crippen LogP contribution in [0.3, 0.4) is 0 Å². The molecule has 1 aromatic heterocycles. The van der Waals surface area contributed by atoms with E-state index in [1.54, 1.807) is 6.33 Å². The minimum Gasteiger partial charge on any atom is -0.289 e. The number of rotatable bonds is 4. The highest BCUT2D eigenvalue weighted by atomic mass is 15.4. The summed E-state index contributed by atoms with van der Waals surface area (Å²) in [4.78, 5) is 6.90. The van der Waals surface area contributed by atoms with Crippen LogP contribution in [-0.4, -0.2) is 31.7 Å². The molecule has 4 heteroatoms. The molecule has 1 aromatic rings. The van der Waals surface area contributed by atoms with Crippen molar-refractivity contribution in [3.63, 3.8) is 0 Å². The number of fused-ring (bicyclic) bond motifs is 1. The van der Waals surface area contributed by atoms with E-state index in [-0.39, 0.29) is 0 Å². The molecule has 1 aliphatic rings. The van der Waals surface area contributed by atoms with Crippen LogP contribution in [-0.2, 0) is 13.1 Å². The topological polar surface area (TPSA) is 34.0 Å². The zero-order valence-corrected chi connectivity index (χ0v) is 10.6. The average molecular weight is 222 g/mol. The maximum absolute atomic E-state index is 4.33. The predicted molar refractivity (Wildman–Crippen MR) is 64.0 cm³/mol. The molecule has 2 rings (SSSR count). The lowest BCUT2D eigenvalue weighted by molar-refractivity contribution is 0.0569. The second-order valence-electron chi connectivity index (χ2n) is 4.92. The Morgan fingerprint density at radius 1 is 1.38 bits per heavy atom. The third-order valence-corrected chi connectivity index (χ3v) is 3.92. The van der Waals surface area contributed by atoms with Gasteiger partial charge in [0.05, 0.1) is 13.1 Å². The molecular formula is C12H22N4. The molecule has 4 nitrogen and oxygen atoms in total. The van der Waals surface area contributed by atoms with Crippen molar-refractivity contribution < 1.29 is 0 Å². The van der Waals surface area contributed by atoms with E-state index in [2.05, 4.69) is 35.8 Å². The van der Waals surface area contributed by atoms with Gasteiger partial charge < -0.3 is 0 Å². The van der Waals surface area contributed by atoms with Crippen LogP contribution in [0.25, 0.3) is 0 Å². The fourth-order valence-electron chi connectivity index (χ4n) is 2.62. The first kappa shape index (κ1) is 11.6. The second-order valence-corrected chi connectivity index (χ2v) is 4.92. The van der Waals surface area contributed by atoms with Gasteiger partial charge in [-0.2, -0.15) is 5.10 Å². The molecule has 0 aromatic carbocycles. The van der Waals surface area contributed by atoms with Crippen LogP contribution < -0.4 is 0 Å². The molecule has 0 N–H and O–H groups in total. The quantitative estimate of drug-likeness (QED) is 0.782. The monoisotopic (exact) mass is 222 g/mol. The van der Waals surface area contributed by atoms with E-state index < -0.39 is 0 Å². The Bertz CT molecular complexity index is 347. The lowest BCUT2D eigenvalue weighted by atomic mass is 9.90. The van der Waals surface area contributed by atoms with Gasteiger partial charge >= 0.3 is 0 Å². The second kappa shape index (κ2) is 4.53. The summed E-state index contributed by atoms with van der Waals surface area (Å²) in [7, 11) is 0. The van der Waals surface area contributed by atoms with Crippen LogP contribution in [0, 0.1) is 0 Å². The van der Waals surface area contributed by atoms with Crippen molar-refractivity contribution in [2.75, 3.05) is 6.54 Å². The summed E-state index contributed by atoms with van der Waals surface area (Å²) in [5.41, 5.74) is 0.325. The molecule has 90 valence electrons. The molecule has 0 spiro atoms. The number of hydrogen-bond acceptors (Lipinski definition) is 3. The van der Waals surface area contributed by atoms with E-state index >= 15 is 0 Å². The highest BCUT2D eigenvalue weighted by Gasteiger charge is 2.32. The Morgan fingerprint density at radius 2 is 2.19 bits per heavy atom. The smallest absolute Gasteiger partial charge is 0.141 e. The first-order chi connectivity index (χ1) is 7.69. The summed E-state index contributed by atoms with van der Waals surface area (Å²) in [5.74, 6) is 1.11. The molecule has 0 saturated carbocycles. The van der Waals surface area contributed by atoms with Crippen molar-refractivity contribution in [1.29, 1.82) is 0 Å². The molecule has 0 fully saturated rings. The van der Waals surface area contributed by atoms with E-state index in [1.807, 2.05) is 4.68 Å². The fraction of sp³-hybridized carbons (Fsp3) is 0.833. The Kier molecular flexibility index (Phi) is 3.28. The summed E-state index contributed by atoms with van der Waals surface area (Å²) in [6.45, 7) is 9.96. The van der Waals surface area contributed by atoms with Crippen LogP contribution in [0.5, 0.6) is 0 Å². The molecule has 0 bridgehead atoms. The molecule has 1 atom stereocenters. The Morgan fingerprint density at radius 3 is 2.88 bits per heavy atom. The van der Waals surface area contributed by atoms with Gasteiger partial charge in [-0.1, -0.05) is 20.3 Å². The van der Waals surface area contributed by atoms with E-state index in [1.165, 1.54) is 19.3 Å². The highest BCUT2D eigenvalue weighted by molar-refractivity contribution is 4.94. The van der Waals surface area contributed by atoms with Gasteiger partial charge in [-0.05, 0) is 19.8 Å². The molecule has 2 heterocycles. The summed E-state index contributed by atoms with van der Waals surface area (Å²) in [6.07, 6.45) is 5.38. The van der Waals surface area contributed by atoms with Crippen molar-refractivity contribution >= 4 is 0 Å².